The molecule has 6 nitrogen and oxygen atoms in total. The lowest BCUT2D eigenvalue weighted by molar-refractivity contribution is 0.0623. The van der Waals surface area contributed by atoms with Gasteiger partial charge in [-0.1, -0.05) is 12.1 Å². The molecular formula is C22H27N3O3. The molecule has 28 heavy (non-hydrogen) atoms. The zero-order valence-corrected chi connectivity index (χ0v) is 16.4. The lowest BCUT2D eigenvalue weighted by atomic mass is 9.97. The van der Waals surface area contributed by atoms with Crippen molar-refractivity contribution < 1.29 is 14.3 Å². The lowest BCUT2D eigenvalue weighted by Crippen LogP contribution is -2.47. The maximum Gasteiger partial charge on any atom is 0.254 e. The Balaban J connectivity index is 1.97. The SMILES string of the molecule is CNC(=O)c1ccc(OC)c(-c2cccc(C(=O)N3CCCCC3CN)c2)c1. The smallest absolute Gasteiger partial charge is 0.254 e. The zero-order valence-electron chi connectivity index (χ0n) is 16.4. The highest BCUT2D eigenvalue weighted by Gasteiger charge is 2.26. The molecule has 2 aromatic carbocycles. The molecule has 148 valence electrons. The van der Waals surface area contributed by atoms with Crippen molar-refractivity contribution in [3.63, 3.8) is 0 Å². The second-order valence-electron chi connectivity index (χ2n) is 6.96. The van der Waals surface area contributed by atoms with Gasteiger partial charge in [-0.25, -0.2) is 0 Å². The largest absolute Gasteiger partial charge is 0.496 e. The van der Waals surface area contributed by atoms with Crippen LogP contribution in [0.25, 0.3) is 11.1 Å². The average Bonchev–Trinajstić information content (AvgIpc) is 2.77. The van der Waals surface area contributed by atoms with E-state index in [9.17, 15) is 9.59 Å². The summed E-state index contributed by atoms with van der Waals surface area (Å²) in [6.07, 6.45) is 3.06. The topological polar surface area (TPSA) is 84.7 Å². The maximum absolute atomic E-state index is 13.1. The van der Waals surface area contributed by atoms with Gasteiger partial charge in [-0.2, -0.15) is 0 Å². The first kappa shape index (κ1) is 19.9. The van der Waals surface area contributed by atoms with Crippen molar-refractivity contribution >= 4 is 11.8 Å². The molecule has 1 aliphatic rings. The molecule has 1 unspecified atom stereocenters. The Labute approximate surface area is 165 Å². The molecule has 0 aromatic heterocycles. The lowest BCUT2D eigenvalue weighted by Gasteiger charge is -2.35. The van der Waals surface area contributed by atoms with Crippen LogP contribution in [0.4, 0.5) is 0 Å². The van der Waals surface area contributed by atoms with Gasteiger partial charge in [0.25, 0.3) is 11.8 Å². The number of piperidine rings is 1. The summed E-state index contributed by atoms with van der Waals surface area (Å²) in [4.78, 5) is 27.0. The van der Waals surface area contributed by atoms with E-state index in [0.29, 0.717) is 23.4 Å². The molecule has 0 saturated carbocycles. The van der Waals surface area contributed by atoms with Gasteiger partial charge in [0.05, 0.1) is 7.11 Å². The minimum absolute atomic E-state index is 0.00146. The molecule has 0 bridgehead atoms. The summed E-state index contributed by atoms with van der Waals surface area (Å²) in [5.74, 6) is 0.476. The average molecular weight is 381 g/mol. The molecule has 6 heteroatoms. The summed E-state index contributed by atoms with van der Waals surface area (Å²) in [5, 5.41) is 2.63. The number of carbonyl (C=O) groups is 2. The van der Waals surface area contributed by atoms with Crippen LogP contribution in [0, 0.1) is 0 Å². The van der Waals surface area contributed by atoms with Gasteiger partial charge >= 0.3 is 0 Å². The van der Waals surface area contributed by atoms with Gasteiger partial charge in [0, 0.05) is 42.9 Å². The number of hydrogen-bond acceptors (Lipinski definition) is 4. The summed E-state index contributed by atoms with van der Waals surface area (Å²) in [7, 11) is 3.19. The molecule has 1 heterocycles. The highest BCUT2D eigenvalue weighted by molar-refractivity contribution is 5.98. The van der Waals surface area contributed by atoms with Gasteiger partial charge < -0.3 is 20.7 Å². The molecule has 0 radical (unpaired) electrons. The van der Waals surface area contributed by atoms with Gasteiger partial charge in [-0.3, -0.25) is 9.59 Å². The Kier molecular flexibility index (Phi) is 6.31. The van der Waals surface area contributed by atoms with Gasteiger partial charge in [0.1, 0.15) is 5.75 Å². The predicted molar refractivity (Wildman–Crippen MR) is 110 cm³/mol. The van der Waals surface area contributed by atoms with Crippen LogP contribution in [0.5, 0.6) is 5.75 Å². The first-order valence-corrected chi connectivity index (χ1v) is 9.60. The molecule has 0 spiro atoms. The molecule has 1 fully saturated rings. The van der Waals surface area contributed by atoms with Crippen molar-refractivity contribution in [1.82, 2.24) is 10.2 Å². The molecule has 3 rings (SSSR count). The molecule has 1 atom stereocenters. The first-order valence-electron chi connectivity index (χ1n) is 9.60. The molecule has 0 aliphatic carbocycles. The second kappa shape index (κ2) is 8.89. The van der Waals surface area contributed by atoms with E-state index >= 15 is 0 Å². The number of ether oxygens (including phenoxy) is 1. The second-order valence-corrected chi connectivity index (χ2v) is 6.96. The number of carbonyl (C=O) groups excluding carboxylic acids is 2. The van der Waals surface area contributed by atoms with Crippen LogP contribution >= 0.6 is 0 Å². The van der Waals surface area contributed by atoms with E-state index in [2.05, 4.69) is 5.32 Å². The van der Waals surface area contributed by atoms with Crippen molar-refractivity contribution in [3.05, 3.63) is 53.6 Å². The fourth-order valence-electron chi connectivity index (χ4n) is 3.72. The molecule has 2 amide bonds. The van der Waals surface area contributed by atoms with Gasteiger partial charge in [-0.05, 0) is 55.2 Å². The minimum Gasteiger partial charge on any atom is -0.496 e. The number of hydrogen-bond donors (Lipinski definition) is 2. The maximum atomic E-state index is 13.1. The van der Waals surface area contributed by atoms with Crippen molar-refractivity contribution in [2.45, 2.75) is 25.3 Å². The molecular weight excluding hydrogens is 354 g/mol. The van der Waals surface area contributed by atoms with E-state index < -0.39 is 0 Å². The van der Waals surface area contributed by atoms with Crippen LogP contribution in [0.3, 0.4) is 0 Å². The molecule has 1 saturated heterocycles. The van der Waals surface area contributed by atoms with Crippen LogP contribution in [-0.2, 0) is 0 Å². The van der Waals surface area contributed by atoms with Crippen molar-refractivity contribution in [1.29, 1.82) is 0 Å². The Morgan fingerprint density at radius 2 is 2.00 bits per heavy atom. The number of nitrogens with two attached hydrogens (primary N) is 1. The predicted octanol–water partition coefficient (Wildman–Crippen LogP) is 2.68. The number of nitrogens with zero attached hydrogens (tertiary/aromatic N) is 1. The molecule has 2 aromatic rings. The number of benzene rings is 2. The highest BCUT2D eigenvalue weighted by Crippen LogP contribution is 2.32. The summed E-state index contributed by atoms with van der Waals surface area (Å²) in [6.45, 7) is 1.22. The number of likely N-dealkylation sites (tertiary alicyclic amines) is 1. The van der Waals surface area contributed by atoms with E-state index in [1.807, 2.05) is 29.2 Å². The summed E-state index contributed by atoms with van der Waals surface area (Å²) < 4.78 is 5.48. The van der Waals surface area contributed by atoms with Crippen LogP contribution in [0.1, 0.15) is 40.0 Å². The van der Waals surface area contributed by atoms with E-state index in [1.54, 1.807) is 32.4 Å². The van der Waals surface area contributed by atoms with Crippen LogP contribution in [-0.4, -0.2) is 50.0 Å². The Bertz CT molecular complexity index is 866. The van der Waals surface area contributed by atoms with Gasteiger partial charge in [-0.15, -0.1) is 0 Å². The zero-order chi connectivity index (χ0) is 20.1. The van der Waals surface area contributed by atoms with E-state index in [0.717, 1.165) is 36.9 Å². The standard InChI is InChI=1S/C22H27N3O3/c1-24-21(26)16-9-10-20(28-2)19(13-16)15-6-5-7-17(12-15)22(27)25-11-4-3-8-18(25)14-23/h5-7,9-10,12-13,18H,3-4,8,11,14,23H2,1-2H3,(H,24,26). The molecule has 3 N–H and O–H groups in total. The van der Waals surface area contributed by atoms with E-state index in [-0.39, 0.29) is 17.9 Å². The van der Waals surface area contributed by atoms with Crippen molar-refractivity contribution in [2.75, 3.05) is 27.2 Å². The molecule has 1 aliphatic heterocycles. The Hall–Kier alpha value is -2.86. The monoisotopic (exact) mass is 381 g/mol. The number of amides is 2. The normalized spacial score (nSPS) is 16.5. The third-order valence-corrected chi connectivity index (χ3v) is 5.27. The first-order chi connectivity index (χ1) is 13.6. The third kappa shape index (κ3) is 4.02. The van der Waals surface area contributed by atoms with Crippen molar-refractivity contribution in [3.8, 4) is 16.9 Å². The summed E-state index contributed by atoms with van der Waals surface area (Å²) >= 11 is 0. The third-order valence-electron chi connectivity index (χ3n) is 5.27. The minimum atomic E-state index is -0.171. The fraction of sp³-hybridized carbons (Fsp3) is 0.364. The fourth-order valence-corrected chi connectivity index (χ4v) is 3.72. The van der Waals surface area contributed by atoms with Crippen LogP contribution in [0.2, 0.25) is 0 Å². The van der Waals surface area contributed by atoms with E-state index in [4.69, 9.17) is 10.5 Å². The van der Waals surface area contributed by atoms with E-state index in [1.165, 1.54) is 0 Å². The number of rotatable bonds is 5. The van der Waals surface area contributed by atoms with Gasteiger partial charge in [0.2, 0.25) is 0 Å². The summed E-state index contributed by atoms with van der Waals surface area (Å²) in [5.41, 5.74) is 8.63. The number of nitrogens with one attached hydrogen (secondary N) is 1. The Morgan fingerprint density at radius 1 is 1.18 bits per heavy atom. The van der Waals surface area contributed by atoms with Crippen LogP contribution < -0.4 is 15.8 Å². The quantitative estimate of drug-likeness (QED) is 0.834. The van der Waals surface area contributed by atoms with Crippen LogP contribution in [0.15, 0.2) is 42.5 Å². The van der Waals surface area contributed by atoms with Gasteiger partial charge in [0.15, 0.2) is 0 Å². The Morgan fingerprint density at radius 3 is 2.71 bits per heavy atom. The number of methoxy groups -OCH3 is 1. The highest BCUT2D eigenvalue weighted by atomic mass is 16.5. The van der Waals surface area contributed by atoms with Crippen molar-refractivity contribution in [2.24, 2.45) is 5.73 Å². The summed E-state index contributed by atoms with van der Waals surface area (Å²) in [6, 6.07) is 12.8.